The van der Waals surface area contributed by atoms with Gasteiger partial charge in [-0.05, 0) is 18.2 Å². The molecule has 0 fully saturated rings. The van der Waals surface area contributed by atoms with Crippen molar-refractivity contribution in [2.45, 2.75) is 0 Å². The lowest BCUT2D eigenvalue weighted by atomic mass is 10.1. The molecular formula is C9H6Cl2O3. The molecule has 3 nitrogen and oxygen atoms in total. The summed E-state index contributed by atoms with van der Waals surface area (Å²) >= 11 is 11.3. The molecule has 0 spiro atoms. The van der Waals surface area contributed by atoms with E-state index in [-0.39, 0.29) is 10.6 Å². The lowest BCUT2D eigenvalue weighted by molar-refractivity contribution is -0.135. The molecule has 0 amide bonds. The Hall–Kier alpha value is -1.06. The SMILES string of the molecule is COC(=O)C(=O)c1ccc(Cl)c(Cl)c1. The Balaban J connectivity index is 3.03. The van der Waals surface area contributed by atoms with Crippen LogP contribution in [0.4, 0.5) is 0 Å². The van der Waals surface area contributed by atoms with Gasteiger partial charge in [0.05, 0.1) is 17.2 Å². The summed E-state index contributed by atoms with van der Waals surface area (Å²) in [5.74, 6) is -1.67. The lowest BCUT2D eigenvalue weighted by Gasteiger charge is -2.00. The van der Waals surface area contributed by atoms with Gasteiger partial charge in [0.2, 0.25) is 0 Å². The summed E-state index contributed by atoms with van der Waals surface area (Å²) in [4.78, 5) is 22.1. The van der Waals surface area contributed by atoms with Gasteiger partial charge in [0.1, 0.15) is 0 Å². The first kappa shape index (κ1) is 11.0. The highest BCUT2D eigenvalue weighted by Gasteiger charge is 2.17. The molecule has 14 heavy (non-hydrogen) atoms. The van der Waals surface area contributed by atoms with Crippen molar-refractivity contribution in [2.75, 3.05) is 7.11 Å². The second-order valence-electron chi connectivity index (χ2n) is 2.45. The van der Waals surface area contributed by atoms with Gasteiger partial charge < -0.3 is 4.74 Å². The summed E-state index contributed by atoms with van der Waals surface area (Å²) in [5, 5.41) is 0.550. The van der Waals surface area contributed by atoms with Crippen molar-refractivity contribution in [3.8, 4) is 0 Å². The molecule has 1 aromatic rings. The molecular weight excluding hydrogens is 227 g/mol. The summed E-state index contributed by atoms with van der Waals surface area (Å²) in [6.07, 6.45) is 0. The maximum absolute atomic E-state index is 11.3. The van der Waals surface area contributed by atoms with E-state index in [1.165, 1.54) is 18.2 Å². The third-order valence-corrected chi connectivity index (χ3v) is 2.29. The number of methoxy groups -OCH3 is 1. The monoisotopic (exact) mass is 232 g/mol. The van der Waals surface area contributed by atoms with Crippen molar-refractivity contribution in [3.63, 3.8) is 0 Å². The predicted octanol–water partition coefficient (Wildman–Crippen LogP) is 2.35. The van der Waals surface area contributed by atoms with Gasteiger partial charge in [-0.15, -0.1) is 0 Å². The number of rotatable bonds is 2. The molecule has 0 aliphatic rings. The lowest BCUT2D eigenvalue weighted by Crippen LogP contribution is -2.15. The van der Waals surface area contributed by atoms with Crippen molar-refractivity contribution in [1.29, 1.82) is 0 Å². The third kappa shape index (κ3) is 2.25. The van der Waals surface area contributed by atoms with Crippen LogP contribution in [0.1, 0.15) is 10.4 Å². The minimum atomic E-state index is -0.927. The Labute approximate surface area is 90.6 Å². The number of hydrogen-bond acceptors (Lipinski definition) is 3. The van der Waals surface area contributed by atoms with Gasteiger partial charge >= 0.3 is 5.97 Å². The zero-order chi connectivity index (χ0) is 10.7. The van der Waals surface area contributed by atoms with Crippen LogP contribution in [-0.4, -0.2) is 18.9 Å². The Morgan fingerprint density at radius 2 is 1.86 bits per heavy atom. The van der Waals surface area contributed by atoms with Gasteiger partial charge in [0.15, 0.2) is 0 Å². The molecule has 0 N–H and O–H groups in total. The van der Waals surface area contributed by atoms with Gasteiger partial charge in [0, 0.05) is 5.56 Å². The Kier molecular flexibility index (Phi) is 3.49. The van der Waals surface area contributed by atoms with E-state index in [9.17, 15) is 9.59 Å². The minimum Gasteiger partial charge on any atom is -0.463 e. The fourth-order valence-electron chi connectivity index (χ4n) is 0.848. The number of esters is 1. The van der Waals surface area contributed by atoms with Gasteiger partial charge in [-0.3, -0.25) is 4.79 Å². The van der Waals surface area contributed by atoms with Crippen LogP contribution in [0, 0.1) is 0 Å². The van der Waals surface area contributed by atoms with E-state index < -0.39 is 11.8 Å². The molecule has 0 saturated carbocycles. The van der Waals surface area contributed by atoms with Crippen molar-refractivity contribution in [3.05, 3.63) is 33.8 Å². The average molecular weight is 233 g/mol. The van der Waals surface area contributed by atoms with Crippen LogP contribution in [0.25, 0.3) is 0 Å². The fraction of sp³-hybridized carbons (Fsp3) is 0.111. The van der Waals surface area contributed by atoms with Crippen LogP contribution in [0.2, 0.25) is 10.0 Å². The molecule has 5 heteroatoms. The summed E-state index contributed by atoms with van der Waals surface area (Å²) in [5.41, 5.74) is 0.159. The predicted molar refractivity (Wildman–Crippen MR) is 52.8 cm³/mol. The Morgan fingerprint density at radius 3 is 2.36 bits per heavy atom. The van der Waals surface area contributed by atoms with Crippen molar-refractivity contribution in [1.82, 2.24) is 0 Å². The highest BCUT2D eigenvalue weighted by Crippen LogP contribution is 2.22. The van der Waals surface area contributed by atoms with Gasteiger partial charge in [-0.25, -0.2) is 4.79 Å². The molecule has 74 valence electrons. The second kappa shape index (κ2) is 4.44. The highest BCUT2D eigenvalue weighted by atomic mass is 35.5. The van der Waals surface area contributed by atoms with E-state index in [2.05, 4.69) is 4.74 Å². The summed E-state index contributed by atoms with van der Waals surface area (Å²) in [7, 11) is 1.14. The maximum Gasteiger partial charge on any atom is 0.379 e. The summed E-state index contributed by atoms with van der Waals surface area (Å²) in [6.45, 7) is 0. The Bertz CT molecular complexity index is 388. The van der Waals surface area contributed by atoms with Gasteiger partial charge in [-0.1, -0.05) is 23.2 Å². The molecule has 0 bridgehead atoms. The third-order valence-electron chi connectivity index (χ3n) is 1.55. The molecule has 1 aromatic carbocycles. The van der Waals surface area contributed by atoms with Crippen molar-refractivity contribution >= 4 is 35.0 Å². The van der Waals surface area contributed by atoms with Gasteiger partial charge in [-0.2, -0.15) is 0 Å². The first-order valence-electron chi connectivity index (χ1n) is 3.64. The molecule has 0 aliphatic heterocycles. The standard InChI is InChI=1S/C9H6Cl2O3/c1-14-9(13)8(12)5-2-3-6(10)7(11)4-5/h2-4H,1H3. The van der Waals surface area contributed by atoms with Crippen molar-refractivity contribution in [2.24, 2.45) is 0 Å². The van der Waals surface area contributed by atoms with E-state index >= 15 is 0 Å². The molecule has 0 atom stereocenters. The summed E-state index contributed by atoms with van der Waals surface area (Å²) < 4.78 is 4.27. The van der Waals surface area contributed by atoms with Crippen LogP contribution >= 0.6 is 23.2 Å². The first-order valence-corrected chi connectivity index (χ1v) is 4.39. The van der Waals surface area contributed by atoms with Crippen molar-refractivity contribution < 1.29 is 14.3 Å². The molecule has 0 aromatic heterocycles. The van der Waals surface area contributed by atoms with E-state index in [1.54, 1.807) is 0 Å². The highest BCUT2D eigenvalue weighted by molar-refractivity contribution is 6.44. The molecule has 0 heterocycles. The number of carbonyl (C=O) groups is 2. The van der Waals surface area contributed by atoms with Crippen LogP contribution in [0.15, 0.2) is 18.2 Å². The van der Waals surface area contributed by atoms with Crippen LogP contribution in [0.5, 0.6) is 0 Å². The van der Waals surface area contributed by atoms with Crippen LogP contribution in [0.3, 0.4) is 0 Å². The largest absolute Gasteiger partial charge is 0.463 e. The van der Waals surface area contributed by atoms with E-state index in [0.717, 1.165) is 7.11 Å². The van der Waals surface area contributed by atoms with Gasteiger partial charge in [0.25, 0.3) is 5.78 Å². The van der Waals surface area contributed by atoms with Crippen LogP contribution < -0.4 is 0 Å². The summed E-state index contributed by atoms with van der Waals surface area (Å²) in [6, 6.07) is 4.18. The quantitative estimate of drug-likeness (QED) is 0.447. The smallest absolute Gasteiger partial charge is 0.379 e. The molecule has 0 radical (unpaired) electrons. The average Bonchev–Trinajstić information content (AvgIpc) is 2.20. The fourth-order valence-corrected chi connectivity index (χ4v) is 1.15. The number of carbonyl (C=O) groups excluding carboxylic acids is 2. The van der Waals surface area contributed by atoms with Crippen LogP contribution in [-0.2, 0) is 9.53 Å². The number of ketones is 1. The van der Waals surface area contributed by atoms with E-state index in [1.807, 2.05) is 0 Å². The zero-order valence-corrected chi connectivity index (χ0v) is 8.72. The first-order chi connectivity index (χ1) is 6.56. The topological polar surface area (TPSA) is 43.4 Å². The molecule has 0 saturated heterocycles. The molecule has 0 aliphatic carbocycles. The molecule has 1 rings (SSSR count). The van der Waals surface area contributed by atoms with E-state index in [4.69, 9.17) is 23.2 Å². The Morgan fingerprint density at radius 1 is 1.21 bits per heavy atom. The number of ether oxygens (including phenoxy) is 1. The number of Topliss-reactive ketones (excluding diaryl/α,β-unsaturated/α-hetero) is 1. The van der Waals surface area contributed by atoms with E-state index in [0.29, 0.717) is 5.02 Å². The number of halogens is 2. The number of benzene rings is 1. The second-order valence-corrected chi connectivity index (χ2v) is 3.26. The molecule has 0 unspecified atom stereocenters. The maximum atomic E-state index is 11.3. The number of hydrogen-bond donors (Lipinski definition) is 0. The minimum absolute atomic E-state index is 0.159. The normalized spacial score (nSPS) is 9.64. The zero-order valence-electron chi connectivity index (χ0n) is 7.21.